The van der Waals surface area contributed by atoms with E-state index in [1.54, 1.807) is 18.2 Å². The van der Waals surface area contributed by atoms with Crippen molar-refractivity contribution in [3.05, 3.63) is 36.4 Å². The van der Waals surface area contributed by atoms with Crippen LogP contribution in [0.3, 0.4) is 0 Å². The second-order valence-electron chi connectivity index (χ2n) is 7.92. The second kappa shape index (κ2) is 13.0. The fourth-order valence-electron chi connectivity index (χ4n) is 3.26. The number of nitrogens with zero attached hydrogens (tertiary/aromatic N) is 2. The second-order valence-corrected chi connectivity index (χ2v) is 9.85. The van der Waals surface area contributed by atoms with Gasteiger partial charge in [0.15, 0.2) is 5.96 Å². The predicted molar refractivity (Wildman–Crippen MR) is 133 cm³/mol. The van der Waals surface area contributed by atoms with Gasteiger partial charge in [0.2, 0.25) is 10.0 Å². The number of carbonyl (C=O) groups is 2. The van der Waals surface area contributed by atoms with Crippen molar-refractivity contribution in [3.8, 4) is 5.75 Å². The van der Waals surface area contributed by atoms with E-state index in [9.17, 15) is 18.0 Å². The van der Waals surface area contributed by atoms with Crippen molar-refractivity contribution in [2.24, 2.45) is 22.2 Å². The first-order valence-corrected chi connectivity index (χ1v) is 12.7. The van der Waals surface area contributed by atoms with Gasteiger partial charge < -0.3 is 26.7 Å². The number of aliphatic imine (C=N–C) groups is 1. The van der Waals surface area contributed by atoms with Crippen LogP contribution in [0.25, 0.3) is 10.8 Å². The third kappa shape index (κ3) is 8.19. The topological polar surface area (TPSA) is 180 Å². The molecule has 11 nitrogen and oxygen atoms in total. The Morgan fingerprint density at radius 1 is 1.09 bits per heavy atom. The van der Waals surface area contributed by atoms with Crippen molar-refractivity contribution in [2.75, 3.05) is 26.7 Å². The highest BCUT2D eigenvalue weighted by Crippen LogP contribution is 2.25. The smallest absolute Gasteiger partial charge is 0.330 e. The summed E-state index contributed by atoms with van der Waals surface area (Å²) in [6.07, 6.45) is 1.83. The highest BCUT2D eigenvalue weighted by molar-refractivity contribution is 7.89. The lowest BCUT2D eigenvalue weighted by atomic mass is 10.1. The minimum Gasteiger partial charge on any atom is -0.497 e. The van der Waals surface area contributed by atoms with Crippen LogP contribution in [-0.2, 0) is 24.3 Å². The highest BCUT2D eigenvalue weighted by atomic mass is 32.2. The number of sulfonamides is 1. The number of ether oxygens (including phenoxy) is 2. The largest absolute Gasteiger partial charge is 0.497 e. The van der Waals surface area contributed by atoms with E-state index < -0.39 is 34.5 Å². The van der Waals surface area contributed by atoms with E-state index in [4.69, 9.17) is 26.7 Å². The van der Waals surface area contributed by atoms with E-state index in [1.165, 1.54) is 19.2 Å². The molecule has 0 bridgehead atoms. The monoisotopic (exact) mass is 507 g/mol. The number of carbonyl (C=O) groups excluding carboxylic acids is 2. The summed E-state index contributed by atoms with van der Waals surface area (Å²) in [5.74, 6) is -1.43. The minimum absolute atomic E-state index is 0.0184. The zero-order valence-electron chi connectivity index (χ0n) is 20.0. The molecule has 0 saturated heterocycles. The van der Waals surface area contributed by atoms with E-state index >= 15 is 0 Å². The molecule has 1 atom stereocenters. The van der Waals surface area contributed by atoms with Crippen LogP contribution in [0.4, 0.5) is 0 Å². The molecule has 0 amide bonds. The third-order valence-electron chi connectivity index (χ3n) is 5.21. The van der Waals surface area contributed by atoms with E-state index in [2.05, 4.69) is 4.99 Å². The van der Waals surface area contributed by atoms with Crippen molar-refractivity contribution >= 4 is 38.7 Å². The first-order chi connectivity index (χ1) is 16.6. The van der Waals surface area contributed by atoms with Gasteiger partial charge in [-0.05, 0) is 54.3 Å². The number of fused-ring (bicyclic) bond motifs is 1. The Morgan fingerprint density at radius 3 is 2.46 bits per heavy atom. The lowest BCUT2D eigenvalue weighted by Crippen LogP contribution is -2.40. The van der Waals surface area contributed by atoms with Crippen LogP contribution in [0.5, 0.6) is 5.75 Å². The summed E-state index contributed by atoms with van der Waals surface area (Å²) in [5, 5.41) is 1.51. The summed E-state index contributed by atoms with van der Waals surface area (Å²) in [6, 6.07) is 8.95. The Balaban J connectivity index is 2.13. The summed E-state index contributed by atoms with van der Waals surface area (Å²) in [5.41, 5.74) is 16.2. The molecule has 2 rings (SSSR count). The van der Waals surface area contributed by atoms with Gasteiger partial charge in [-0.2, -0.15) is 4.31 Å². The van der Waals surface area contributed by atoms with Crippen LogP contribution in [-0.4, -0.2) is 63.4 Å². The summed E-state index contributed by atoms with van der Waals surface area (Å²) in [7, 11) is -2.53. The van der Waals surface area contributed by atoms with E-state index in [1.807, 2.05) is 13.0 Å². The molecule has 0 unspecified atom stereocenters. The molecular weight excluding hydrogens is 474 g/mol. The average Bonchev–Trinajstić information content (AvgIpc) is 2.83. The van der Waals surface area contributed by atoms with E-state index in [-0.39, 0.29) is 30.4 Å². The summed E-state index contributed by atoms with van der Waals surface area (Å²) >= 11 is 0. The number of hydrogen-bond acceptors (Lipinski definition) is 8. The summed E-state index contributed by atoms with van der Waals surface area (Å²) in [6.45, 7) is 1.64. The van der Waals surface area contributed by atoms with Crippen LogP contribution in [0.1, 0.15) is 32.6 Å². The number of guanidine groups is 1. The van der Waals surface area contributed by atoms with Crippen LogP contribution in [0.15, 0.2) is 46.3 Å². The molecule has 12 heteroatoms. The molecule has 2 aromatic carbocycles. The number of hydrogen-bond donors (Lipinski definition) is 3. The Hall–Kier alpha value is -3.22. The maximum Gasteiger partial charge on any atom is 0.330 e. The van der Waals surface area contributed by atoms with Gasteiger partial charge in [-0.3, -0.25) is 9.79 Å². The van der Waals surface area contributed by atoms with Crippen LogP contribution < -0.4 is 21.9 Å². The fraction of sp³-hybridized carbons (Fsp3) is 0.435. The molecule has 0 aliphatic rings. The van der Waals surface area contributed by atoms with Gasteiger partial charge in [-0.15, -0.1) is 0 Å². The standard InChI is InChI=1S/C23H33N5O6S/c1-3-4-12-28(15-21(29)34-22(30)20(24)6-5-11-27-23(25)26)35(31,32)19-10-8-16-7-9-18(33-2)13-17(16)14-19/h7-10,13-14,20H,3-6,11-12,15,24H2,1-2H3,(H4,25,26,27)/t20-/m0/s1. The first kappa shape index (κ1) is 28.0. The van der Waals surface area contributed by atoms with E-state index in [0.29, 0.717) is 30.4 Å². The van der Waals surface area contributed by atoms with Crippen molar-refractivity contribution in [3.63, 3.8) is 0 Å². The number of nitrogens with two attached hydrogens (primary N) is 3. The molecule has 35 heavy (non-hydrogen) atoms. The van der Waals surface area contributed by atoms with Crippen LogP contribution >= 0.6 is 0 Å². The zero-order chi connectivity index (χ0) is 26.0. The predicted octanol–water partition coefficient (Wildman–Crippen LogP) is 1.09. The van der Waals surface area contributed by atoms with Crippen molar-refractivity contribution in [1.82, 2.24) is 4.31 Å². The molecule has 0 aliphatic heterocycles. The fourth-order valence-corrected chi connectivity index (χ4v) is 4.72. The first-order valence-electron chi connectivity index (χ1n) is 11.2. The maximum absolute atomic E-state index is 13.4. The van der Waals surface area contributed by atoms with Crippen molar-refractivity contribution in [1.29, 1.82) is 0 Å². The van der Waals surface area contributed by atoms with Gasteiger partial charge in [0.1, 0.15) is 18.3 Å². The zero-order valence-corrected chi connectivity index (χ0v) is 20.8. The molecule has 0 radical (unpaired) electrons. The molecule has 0 fully saturated rings. The lowest BCUT2D eigenvalue weighted by Gasteiger charge is -2.21. The molecule has 0 spiro atoms. The highest BCUT2D eigenvalue weighted by Gasteiger charge is 2.29. The third-order valence-corrected chi connectivity index (χ3v) is 7.05. The molecule has 6 N–H and O–H groups in total. The molecule has 0 heterocycles. The minimum atomic E-state index is -4.05. The molecule has 192 valence electrons. The average molecular weight is 508 g/mol. The summed E-state index contributed by atoms with van der Waals surface area (Å²) < 4.78 is 37.8. The van der Waals surface area contributed by atoms with E-state index in [0.717, 1.165) is 9.69 Å². The lowest BCUT2D eigenvalue weighted by molar-refractivity contribution is -0.160. The number of unbranched alkanes of at least 4 members (excludes halogenated alkanes) is 1. The number of esters is 2. The van der Waals surface area contributed by atoms with Gasteiger partial charge in [0.25, 0.3) is 0 Å². The van der Waals surface area contributed by atoms with Gasteiger partial charge in [0, 0.05) is 13.1 Å². The Morgan fingerprint density at radius 2 is 1.80 bits per heavy atom. The van der Waals surface area contributed by atoms with Gasteiger partial charge in [0.05, 0.1) is 12.0 Å². The van der Waals surface area contributed by atoms with Gasteiger partial charge >= 0.3 is 11.9 Å². The normalized spacial score (nSPS) is 12.3. The number of benzene rings is 2. The summed E-state index contributed by atoms with van der Waals surface area (Å²) in [4.78, 5) is 28.4. The molecule has 2 aromatic rings. The maximum atomic E-state index is 13.4. The van der Waals surface area contributed by atoms with Gasteiger partial charge in [-0.25, -0.2) is 13.2 Å². The van der Waals surface area contributed by atoms with Crippen LogP contribution in [0.2, 0.25) is 0 Å². The Kier molecular flexibility index (Phi) is 10.4. The SMILES string of the molecule is CCCCN(CC(=O)OC(=O)[C@@H](N)CCCN=C(N)N)S(=O)(=O)c1ccc2ccc(OC)cc2c1. The molecule has 0 saturated carbocycles. The molecular formula is C23H33N5O6S. The quantitative estimate of drug-likeness (QED) is 0.117. The Labute approximate surface area is 205 Å². The van der Waals surface area contributed by atoms with Gasteiger partial charge in [-0.1, -0.05) is 25.5 Å². The van der Waals surface area contributed by atoms with Crippen molar-refractivity contribution in [2.45, 2.75) is 43.5 Å². The van der Waals surface area contributed by atoms with Crippen molar-refractivity contribution < 1.29 is 27.5 Å². The van der Waals surface area contributed by atoms with Crippen LogP contribution in [0, 0.1) is 0 Å². The number of rotatable bonds is 13. The molecule has 0 aromatic heterocycles. The molecule has 0 aliphatic carbocycles. The number of methoxy groups -OCH3 is 1. The Bertz CT molecular complexity index is 1160.